The highest BCUT2D eigenvalue weighted by Crippen LogP contribution is 2.11. The molecule has 1 aromatic heterocycles. The summed E-state index contributed by atoms with van der Waals surface area (Å²) < 4.78 is 0.622. The second-order valence-corrected chi connectivity index (χ2v) is 2.83. The van der Waals surface area contributed by atoms with Crippen molar-refractivity contribution in [1.29, 1.82) is 0 Å². The van der Waals surface area contributed by atoms with Crippen molar-refractivity contribution in [2.24, 2.45) is 0 Å². The van der Waals surface area contributed by atoms with E-state index in [9.17, 15) is 4.79 Å². The van der Waals surface area contributed by atoms with Crippen LogP contribution in [0.15, 0.2) is 10.7 Å². The first kappa shape index (κ1) is 8.81. The highest BCUT2D eigenvalue weighted by atomic mass is 79.9. The van der Waals surface area contributed by atoms with E-state index < -0.39 is 0 Å². The third kappa shape index (κ3) is 1.86. The highest BCUT2D eigenvalue weighted by Gasteiger charge is 2.09. The van der Waals surface area contributed by atoms with Gasteiger partial charge in [-0.2, -0.15) is 5.10 Å². The van der Waals surface area contributed by atoms with Crippen molar-refractivity contribution in [2.75, 3.05) is 6.54 Å². The van der Waals surface area contributed by atoms with Gasteiger partial charge in [-0.05, 0) is 15.9 Å². The first-order valence-electron chi connectivity index (χ1n) is 3.16. The van der Waals surface area contributed by atoms with Gasteiger partial charge in [0, 0.05) is 0 Å². The van der Waals surface area contributed by atoms with Crippen LogP contribution in [0.4, 0.5) is 0 Å². The molecule has 0 unspecified atom stereocenters. The molecule has 1 heterocycles. The van der Waals surface area contributed by atoms with Crippen LogP contribution in [0, 0.1) is 12.3 Å². The zero-order valence-corrected chi connectivity index (χ0v) is 7.68. The number of hydrogen-bond acceptors (Lipinski definition) is 2. The number of halogens is 1. The van der Waals surface area contributed by atoms with E-state index in [0.717, 1.165) is 0 Å². The lowest BCUT2D eigenvalue weighted by Crippen LogP contribution is -2.24. The molecule has 0 fully saturated rings. The fraction of sp³-hybridized carbons (Fsp3) is 0.143. The van der Waals surface area contributed by atoms with Gasteiger partial charge in [0.15, 0.2) is 0 Å². The molecule has 0 aliphatic carbocycles. The maximum atomic E-state index is 11.2. The molecule has 0 aliphatic heterocycles. The van der Waals surface area contributed by atoms with E-state index in [-0.39, 0.29) is 12.5 Å². The monoisotopic (exact) mass is 227 g/mol. The summed E-state index contributed by atoms with van der Waals surface area (Å²) in [6, 6.07) is 0. The number of aromatic amines is 1. The third-order valence-corrected chi connectivity index (χ3v) is 1.77. The molecule has 2 N–H and O–H groups in total. The van der Waals surface area contributed by atoms with Crippen LogP contribution in [0.1, 0.15) is 10.5 Å². The Kier molecular flexibility index (Phi) is 2.88. The van der Waals surface area contributed by atoms with Crippen molar-refractivity contribution in [1.82, 2.24) is 15.5 Å². The summed E-state index contributed by atoms with van der Waals surface area (Å²) in [5.74, 6) is 2.03. The maximum absolute atomic E-state index is 11.2. The summed E-state index contributed by atoms with van der Waals surface area (Å²) in [5, 5.41) is 8.70. The molecule has 12 heavy (non-hydrogen) atoms. The molecule has 0 radical (unpaired) electrons. The van der Waals surface area contributed by atoms with Crippen LogP contribution in [-0.2, 0) is 0 Å². The number of nitrogens with one attached hydrogen (secondary N) is 2. The number of aromatic nitrogens is 2. The van der Waals surface area contributed by atoms with Crippen LogP contribution >= 0.6 is 15.9 Å². The van der Waals surface area contributed by atoms with Gasteiger partial charge in [-0.1, -0.05) is 5.92 Å². The van der Waals surface area contributed by atoms with Gasteiger partial charge in [-0.3, -0.25) is 9.89 Å². The molecule has 0 saturated heterocycles. The van der Waals surface area contributed by atoms with Crippen LogP contribution in [0.5, 0.6) is 0 Å². The average molecular weight is 228 g/mol. The number of rotatable bonds is 2. The zero-order valence-electron chi connectivity index (χ0n) is 6.10. The number of carbonyl (C=O) groups is 1. The van der Waals surface area contributed by atoms with Crippen LogP contribution in [0.25, 0.3) is 0 Å². The standard InChI is InChI=1S/C7H6BrN3O/c1-2-3-9-7(12)6-5(8)4-10-11-6/h1,4H,3H2,(H,9,12)(H,10,11). The summed E-state index contributed by atoms with van der Waals surface area (Å²) in [6.45, 7) is 0.213. The minimum absolute atomic E-state index is 0.213. The van der Waals surface area contributed by atoms with E-state index in [4.69, 9.17) is 6.42 Å². The lowest BCUT2D eigenvalue weighted by molar-refractivity contribution is 0.0953. The molecule has 5 heteroatoms. The van der Waals surface area contributed by atoms with E-state index in [2.05, 4.69) is 37.4 Å². The van der Waals surface area contributed by atoms with Crippen molar-refractivity contribution < 1.29 is 4.79 Å². The molecular formula is C7H6BrN3O. The van der Waals surface area contributed by atoms with Gasteiger partial charge in [-0.25, -0.2) is 0 Å². The van der Waals surface area contributed by atoms with E-state index >= 15 is 0 Å². The lowest BCUT2D eigenvalue weighted by atomic mass is 10.4. The Morgan fingerprint density at radius 1 is 1.92 bits per heavy atom. The van der Waals surface area contributed by atoms with Crippen molar-refractivity contribution in [3.63, 3.8) is 0 Å². The van der Waals surface area contributed by atoms with Gasteiger partial charge in [0.05, 0.1) is 17.2 Å². The van der Waals surface area contributed by atoms with E-state index in [1.54, 1.807) is 0 Å². The zero-order chi connectivity index (χ0) is 8.97. The molecule has 0 bridgehead atoms. The average Bonchev–Trinajstić information content (AvgIpc) is 2.47. The Labute approximate surface area is 77.9 Å². The molecule has 1 rings (SSSR count). The SMILES string of the molecule is C#CCNC(=O)c1[nH]ncc1Br. The minimum atomic E-state index is -0.266. The van der Waals surface area contributed by atoms with Crippen molar-refractivity contribution >= 4 is 21.8 Å². The van der Waals surface area contributed by atoms with Crippen molar-refractivity contribution in [3.8, 4) is 12.3 Å². The minimum Gasteiger partial charge on any atom is -0.340 e. The number of carbonyl (C=O) groups excluding carboxylic acids is 1. The summed E-state index contributed by atoms with van der Waals surface area (Å²) in [7, 11) is 0. The van der Waals surface area contributed by atoms with Gasteiger partial charge in [0.2, 0.25) is 0 Å². The summed E-state index contributed by atoms with van der Waals surface area (Å²) in [5.41, 5.74) is 0.380. The molecule has 4 nitrogen and oxygen atoms in total. The number of terminal acetylenes is 1. The Morgan fingerprint density at radius 3 is 3.17 bits per heavy atom. The topological polar surface area (TPSA) is 57.8 Å². The van der Waals surface area contributed by atoms with Crippen molar-refractivity contribution in [3.05, 3.63) is 16.4 Å². The van der Waals surface area contributed by atoms with Gasteiger partial charge < -0.3 is 5.32 Å². The molecule has 0 aromatic carbocycles. The molecule has 0 atom stereocenters. The van der Waals surface area contributed by atoms with Crippen LogP contribution in [0.2, 0.25) is 0 Å². The predicted molar refractivity (Wildman–Crippen MR) is 47.5 cm³/mol. The molecule has 1 aromatic rings. The Hall–Kier alpha value is -1.28. The van der Waals surface area contributed by atoms with E-state index in [1.807, 2.05) is 0 Å². The fourth-order valence-corrected chi connectivity index (χ4v) is 1.02. The molecule has 0 aliphatic rings. The van der Waals surface area contributed by atoms with Gasteiger partial charge in [0.1, 0.15) is 5.69 Å². The number of amides is 1. The highest BCUT2D eigenvalue weighted by molar-refractivity contribution is 9.10. The number of H-pyrrole nitrogens is 1. The molecular weight excluding hydrogens is 222 g/mol. The second-order valence-electron chi connectivity index (χ2n) is 1.98. The van der Waals surface area contributed by atoms with Gasteiger partial charge >= 0.3 is 0 Å². The Bertz CT molecular complexity index is 326. The van der Waals surface area contributed by atoms with E-state index in [0.29, 0.717) is 10.2 Å². The smallest absolute Gasteiger partial charge is 0.271 e. The normalized spacial score (nSPS) is 9.00. The third-order valence-electron chi connectivity index (χ3n) is 1.17. The molecule has 1 amide bonds. The van der Waals surface area contributed by atoms with E-state index in [1.165, 1.54) is 6.20 Å². The fourth-order valence-electron chi connectivity index (χ4n) is 0.650. The predicted octanol–water partition coefficient (Wildman–Crippen LogP) is 0.535. The summed E-state index contributed by atoms with van der Waals surface area (Å²) in [4.78, 5) is 11.2. The quantitative estimate of drug-likeness (QED) is 0.725. The Balaban J connectivity index is 2.67. The van der Waals surface area contributed by atoms with Crippen LogP contribution < -0.4 is 5.32 Å². The van der Waals surface area contributed by atoms with Gasteiger partial charge in [0.25, 0.3) is 5.91 Å². The lowest BCUT2D eigenvalue weighted by Gasteiger charge is -1.97. The molecule has 0 saturated carbocycles. The Morgan fingerprint density at radius 2 is 2.67 bits per heavy atom. The maximum Gasteiger partial charge on any atom is 0.271 e. The van der Waals surface area contributed by atoms with Crippen LogP contribution in [0.3, 0.4) is 0 Å². The number of hydrogen-bond donors (Lipinski definition) is 2. The molecule has 62 valence electrons. The summed E-state index contributed by atoms with van der Waals surface area (Å²) in [6.07, 6.45) is 6.47. The first-order valence-corrected chi connectivity index (χ1v) is 3.95. The van der Waals surface area contributed by atoms with Crippen molar-refractivity contribution in [2.45, 2.75) is 0 Å². The number of nitrogens with zero attached hydrogens (tertiary/aromatic N) is 1. The van der Waals surface area contributed by atoms with Gasteiger partial charge in [-0.15, -0.1) is 6.42 Å². The van der Waals surface area contributed by atoms with Crippen LogP contribution in [-0.4, -0.2) is 22.6 Å². The summed E-state index contributed by atoms with van der Waals surface area (Å²) >= 11 is 3.15. The largest absolute Gasteiger partial charge is 0.340 e. The molecule has 0 spiro atoms. The first-order chi connectivity index (χ1) is 5.75. The second kappa shape index (κ2) is 3.93.